The van der Waals surface area contributed by atoms with Crippen molar-refractivity contribution in [2.75, 3.05) is 13.1 Å². The number of nitrogens with one attached hydrogen (secondary N) is 1. The van der Waals surface area contributed by atoms with E-state index in [1.165, 1.54) is 24.3 Å². The summed E-state index contributed by atoms with van der Waals surface area (Å²) in [5.41, 5.74) is 0.724. The van der Waals surface area contributed by atoms with Crippen molar-refractivity contribution in [3.8, 4) is 5.75 Å². The summed E-state index contributed by atoms with van der Waals surface area (Å²) in [6.07, 6.45) is -4.99. The number of alkyl halides is 3. The Labute approximate surface area is 108 Å². The van der Waals surface area contributed by atoms with E-state index in [0.717, 1.165) is 5.56 Å². The molecule has 0 aliphatic carbocycles. The van der Waals surface area contributed by atoms with Crippen LogP contribution in [0.4, 0.5) is 13.2 Å². The van der Waals surface area contributed by atoms with Gasteiger partial charge in [0.15, 0.2) is 0 Å². The lowest BCUT2D eigenvalue weighted by Gasteiger charge is -2.23. The molecule has 19 heavy (non-hydrogen) atoms. The van der Waals surface area contributed by atoms with E-state index in [4.69, 9.17) is 0 Å². The molecule has 0 spiro atoms. The van der Waals surface area contributed by atoms with Crippen LogP contribution in [-0.4, -0.2) is 30.3 Å². The molecule has 1 aliphatic rings. The van der Waals surface area contributed by atoms with Crippen molar-refractivity contribution < 1.29 is 22.7 Å². The van der Waals surface area contributed by atoms with Gasteiger partial charge in [-0.1, -0.05) is 12.1 Å². The summed E-state index contributed by atoms with van der Waals surface area (Å²) < 4.78 is 39.9. The first-order valence-electron chi connectivity index (χ1n) is 5.79. The molecule has 0 aromatic heterocycles. The molecule has 4 nitrogen and oxygen atoms in total. The second-order valence-corrected chi connectivity index (χ2v) is 4.08. The second-order valence-electron chi connectivity index (χ2n) is 4.08. The molecule has 0 radical (unpaired) electrons. The van der Waals surface area contributed by atoms with Crippen molar-refractivity contribution in [2.24, 2.45) is 0 Å². The lowest BCUT2D eigenvalue weighted by molar-refractivity contribution is -0.274. The van der Waals surface area contributed by atoms with Crippen LogP contribution in [0.15, 0.2) is 24.3 Å². The first-order chi connectivity index (χ1) is 8.90. The topological polar surface area (TPSA) is 41.6 Å². The molecular formula is C12H13F3N2O2. The van der Waals surface area contributed by atoms with Gasteiger partial charge in [-0.2, -0.15) is 0 Å². The number of nitrogens with zero attached hydrogens (tertiary/aromatic N) is 1. The van der Waals surface area contributed by atoms with Crippen LogP contribution in [0.5, 0.6) is 5.75 Å². The lowest BCUT2D eigenvalue weighted by atomic mass is 10.1. The minimum absolute atomic E-state index is 0.0249. The molecule has 1 aromatic rings. The Morgan fingerprint density at radius 3 is 2.53 bits per heavy atom. The zero-order chi connectivity index (χ0) is 14.0. The van der Waals surface area contributed by atoms with Crippen molar-refractivity contribution in [3.05, 3.63) is 29.8 Å². The van der Waals surface area contributed by atoms with Crippen LogP contribution in [0, 0.1) is 0 Å². The van der Waals surface area contributed by atoms with E-state index in [0.29, 0.717) is 6.54 Å². The number of benzene rings is 1. The highest BCUT2D eigenvalue weighted by Gasteiger charge is 2.32. The van der Waals surface area contributed by atoms with E-state index in [1.807, 2.05) is 6.92 Å². The summed E-state index contributed by atoms with van der Waals surface area (Å²) >= 11 is 0. The highest BCUT2D eigenvalue weighted by molar-refractivity contribution is 5.80. The summed E-state index contributed by atoms with van der Waals surface area (Å²) in [5, 5.41) is 3.00. The fourth-order valence-corrected chi connectivity index (χ4v) is 2.05. The fourth-order valence-electron chi connectivity index (χ4n) is 2.05. The third kappa shape index (κ3) is 3.17. The predicted molar refractivity (Wildman–Crippen MR) is 61.3 cm³/mol. The van der Waals surface area contributed by atoms with E-state index in [-0.39, 0.29) is 24.4 Å². The maximum absolute atomic E-state index is 12.0. The first-order valence-corrected chi connectivity index (χ1v) is 5.79. The Bertz CT molecular complexity index is 459. The SMILES string of the molecule is CCN1C(=O)CNC1c1ccc(OC(F)(F)F)cc1. The molecular weight excluding hydrogens is 261 g/mol. The average Bonchev–Trinajstić information content (AvgIpc) is 2.69. The third-order valence-corrected chi connectivity index (χ3v) is 2.85. The molecule has 1 unspecified atom stereocenters. The molecule has 1 aromatic carbocycles. The van der Waals surface area contributed by atoms with Gasteiger partial charge in [-0.05, 0) is 24.6 Å². The quantitative estimate of drug-likeness (QED) is 0.917. The Morgan fingerprint density at radius 1 is 1.37 bits per heavy atom. The van der Waals surface area contributed by atoms with Gasteiger partial charge >= 0.3 is 6.36 Å². The molecule has 1 atom stereocenters. The maximum Gasteiger partial charge on any atom is 0.573 e. The van der Waals surface area contributed by atoms with Gasteiger partial charge in [0.2, 0.25) is 5.91 Å². The Kier molecular flexibility index (Phi) is 3.66. The molecule has 0 bridgehead atoms. The molecule has 1 saturated heterocycles. The van der Waals surface area contributed by atoms with E-state index < -0.39 is 6.36 Å². The highest BCUT2D eigenvalue weighted by atomic mass is 19.4. The molecule has 1 N–H and O–H groups in total. The largest absolute Gasteiger partial charge is 0.573 e. The molecule has 7 heteroatoms. The van der Waals surface area contributed by atoms with Crippen LogP contribution in [0.25, 0.3) is 0 Å². The van der Waals surface area contributed by atoms with Gasteiger partial charge in [0.05, 0.1) is 6.54 Å². The van der Waals surface area contributed by atoms with E-state index in [1.54, 1.807) is 4.90 Å². The van der Waals surface area contributed by atoms with Gasteiger partial charge < -0.3 is 9.64 Å². The molecule has 1 heterocycles. The van der Waals surface area contributed by atoms with Crippen molar-refractivity contribution in [2.45, 2.75) is 19.5 Å². The van der Waals surface area contributed by atoms with Crippen LogP contribution in [0.3, 0.4) is 0 Å². The predicted octanol–water partition coefficient (Wildman–Crippen LogP) is 2.04. The summed E-state index contributed by atoms with van der Waals surface area (Å²) in [6.45, 7) is 2.62. The van der Waals surface area contributed by atoms with E-state index in [9.17, 15) is 18.0 Å². The molecule has 1 aliphatic heterocycles. The van der Waals surface area contributed by atoms with Gasteiger partial charge in [0.1, 0.15) is 11.9 Å². The van der Waals surface area contributed by atoms with Crippen molar-refractivity contribution in [3.63, 3.8) is 0 Å². The standard InChI is InChI=1S/C12H13F3N2O2/c1-2-17-10(18)7-16-11(17)8-3-5-9(6-4-8)19-12(13,14)15/h3-6,11,16H,2,7H2,1H3. The summed E-state index contributed by atoms with van der Waals surface area (Å²) in [6, 6.07) is 5.50. The van der Waals surface area contributed by atoms with Crippen LogP contribution >= 0.6 is 0 Å². The Hall–Kier alpha value is -1.76. The summed E-state index contributed by atoms with van der Waals surface area (Å²) in [5.74, 6) is -0.299. The number of carbonyl (C=O) groups is 1. The Balaban J connectivity index is 2.12. The lowest BCUT2D eigenvalue weighted by Crippen LogP contribution is -2.29. The summed E-state index contributed by atoms with van der Waals surface area (Å²) in [4.78, 5) is 13.2. The third-order valence-electron chi connectivity index (χ3n) is 2.85. The van der Waals surface area contributed by atoms with E-state index >= 15 is 0 Å². The van der Waals surface area contributed by atoms with Gasteiger partial charge in [-0.15, -0.1) is 13.2 Å². The number of ether oxygens (including phenoxy) is 1. The molecule has 104 valence electrons. The molecule has 1 amide bonds. The van der Waals surface area contributed by atoms with Crippen LogP contribution in [0.1, 0.15) is 18.7 Å². The number of likely N-dealkylation sites (N-methyl/N-ethyl adjacent to an activating group) is 1. The normalized spacial score (nSPS) is 19.9. The number of hydrogen-bond acceptors (Lipinski definition) is 3. The van der Waals surface area contributed by atoms with Crippen molar-refractivity contribution in [1.82, 2.24) is 10.2 Å². The summed E-state index contributed by atoms with van der Waals surface area (Å²) in [7, 11) is 0. The maximum atomic E-state index is 12.0. The van der Waals surface area contributed by atoms with Crippen molar-refractivity contribution >= 4 is 5.91 Å². The number of hydrogen-bond donors (Lipinski definition) is 1. The number of halogens is 3. The van der Waals surface area contributed by atoms with Gasteiger partial charge in [0, 0.05) is 6.54 Å². The van der Waals surface area contributed by atoms with Crippen LogP contribution in [0.2, 0.25) is 0 Å². The average molecular weight is 274 g/mol. The number of amides is 1. The zero-order valence-electron chi connectivity index (χ0n) is 10.2. The Morgan fingerprint density at radius 2 is 2.00 bits per heavy atom. The van der Waals surface area contributed by atoms with Gasteiger partial charge in [-0.25, -0.2) is 0 Å². The monoisotopic (exact) mass is 274 g/mol. The van der Waals surface area contributed by atoms with Crippen molar-refractivity contribution in [1.29, 1.82) is 0 Å². The molecule has 0 saturated carbocycles. The smallest absolute Gasteiger partial charge is 0.406 e. The molecule has 2 rings (SSSR count). The second kappa shape index (κ2) is 5.08. The van der Waals surface area contributed by atoms with Gasteiger partial charge in [-0.3, -0.25) is 10.1 Å². The van der Waals surface area contributed by atoms with Gasteiger partial charge in [0.25, 0.3) is 0 Å². The van der Waals surface area contributed by atoms with Crippen LogP contribution < -0.4 is 10.1 Å². The molecule has 1 fully saturated rings. The first kappa shape index (κ1) is 13.7. The minimum Gasteiger partial charge on any atom is -0.406 e. The van der Waals surface area contributed by atoms with Crippen LogP contribution in [-0.2, 0) is 4.79 Å². The highest BCUT2D eigenvalue weighted by Crippen LogP contribution is 2.27. The minimum atomic E-state index is -4.70. The van der Waals surface area contributed by atoms with E-state index in [2.05, 4.69) is 10.1 Å². The number of carbonyl (C=O) groups excluding carboxylic acids is 1. The zero-order valence-corrected chi connectivity index (χ0v) is 10.2. The number of rotatable bonds is 3. The fraction of sp³-hybridized carbons (Fsp3) is 0.417.